The summed E-state index contributed by atoms with van der Waals surface area (Å²) >= 11 is 1.61. The van der Waals surface area contributed by atoms with Crippen molar-refractivity contribution in [2.75, 3.05) is 39.3 Å². The molecule has 1 fully saturated rings. The summed E-state index contributed by atoms with van der Waals surface area (Å²) in [6.45, 7) is 9.28. The zero-order valence-corrected chi connectivity index (χ0v) is 17.5. The Morgan fingerprint density at radius 3 is 2.25 bits per heavy atom. The molecule has 1 unspecified atom stereocenters. The number of carbonyl (C=O) groups excluding carboxylic acids is 1. The van der Waals surface area contributed by atoms with E-state index in [2.05, 4.69) is 45.4 Å². The van der Waals surface area contributed by atoms with Crippen molar-refractivity contribution >= 4 is 17.7 Å². The Labute approximate surface area is 173 Å². The molecule has 28 heavy (non-hydrogen) atoms. The van der Waals surface area contributed by atoms with Crippen molar-refractivity contribution in [1.82, 2.24) is 15.1 Å². The van der Waals surface area contributed by atoms with Gasteiger partial charge in [-0.1, -0.05) is 48.5 Å². The van der Waals surface area contributed by atoms with E-state index in [1.165, 1.54) is 5.56 Å². The number of nitrogens with one attached hydrogen (secondary N) is 1. The summed E-state index contributed by atoms with van der Waals surface area (Å²) in [5.74, 6) is 0.126. The van der Waals surface area contributed by atoms with Crippen LogP contribution in [0.2, 0.25) is 0 Å². The second-order valence-electron chi connectivity index (χ2n) is 7.32. The van der Waals surface area contributed by atoms with Crippen molar-refractivity contribution < 1.29 is 4.79 Å². The Morgan fingerprint density at radius 1 is 0.964 bits per heavy atom. The van der Waals surface area contributed by atoms with E-state index >= 15 is 0 Å². The Morgan fingerprint density at radius 2 is 1.57 bits per heavy atom. The van der Waals surface area contributed by atoms with Gasteiger partial charge in [-0.3, -0.25) is 9.69 Å². The van der Waals surface area contributed by atoms with Gasteiger partial charge in [0.15, 0.2) is 0 Å². The van der Waals surface area contributed by atoms with Gasteiger partial charge in [-0.2, -0.15) is 0 Å². The largest absolute Gasteiger partial charge is 0.355 e. The highest BCUT2D eigenvalue weighted by Gasteiger charge is 2.17. The standard InChI is InChI=1S/C23H31N3OS/c1-20(28-22-11-6-3-7-12-22)23(27)24-13-8-14-25-15-17-26(18-16-25)19-21-9-4-2-5-10-21/h2-7,9-12,20H,8,13-19H2,1H3,(H,24,27). The van der Waals surface area contributed by atoms with E-state index in [1.807, 2.05) is 37.3 Å². The van der Waals surface area contributed by atoms with Gasteiger partial charge in [-0.05, 0) is 37.6 Å². The number of piperazine rings is 1. The normalized spacial score (nSPS) is 16.6. The number of rotatable bonds is 9. The Kier molecular flexibility index (Phi) is 8.40. The molecular formula is C23H31N3OS. The first kappa shape index (κ1) is 20.9. The van der Waals surface area contributed by atoms with E-state index in [9.17, 15) is 4.79 Å². The predicted octanol–water partition coefficient (Wildman–Crippen LogP) is 3.49. The van der Waals surface area contributed by atoms with Crippen molar-refractivity contribution in [3.05, 3.63) is 66.2 Å². The van der Waals surface area contributed by atoms with E-state index in [1.54, 1.807) is 11.8 Å². The number of amides is 1. The molecule has 2 aromatic rings. The van der Waals surface area contributed by atoms with Crippen LogP contribution in [0, 0.1) is 0 Å². The highest BCUT2D eigenvalue weighted by molar-refractivity contribution is 8.00. The molecule has 2 aromatic carbocycles. The lowest BCUT2D eigenvalue weighted by atomic mass is 10.2. The third-order valence-corrected chi connectivity index (χ3v) is 6.20. The molecule has 0 aromatic heterocycles. The number of thioether (sulfide) groups is 1. The fourth-order valence-electron chi connectivity index (χ4n) is 3.43. The minimum atomic E-state index is -0.0658. The summed E-state index contributed by atoms with van der Waals surface area (Å²) in [4.78, 5) is 18.4. The summed E-state index contributed by atoms with van der Waals surface area (Å²) in [7, 11) is 0. The summed E-state index contributed by atoms with van der Waals surface area (Å²) in [6.07, 6.45) is 1.01. The molecule has 1 saturated heterocycles. The molecule has 3 rings (SSSR count). The monoisotopic (exact) mass is 397 g/mol. The first-order valence-corrected chi connectivity index (χ1v) is 11.1. The van der Waals surface area contributed by atoms with Gasteiger partial charge in [0.1, 0.15) is 0 Å². The van der Waals surface area contributed by atoms with Crippen LogP contribution in [-0.2, 0) is 11.3 Å². The van der Waals surface area contributed by atoms with Crippen LogP contribution in [0.3, 0.4) is 0 Å². The van der Waals surface area contributed by atoms with Gasteiger partial charge >= 0.3 is 0 Å². The Hall–Kier alpha value is -1.82. The lowest BCUT2D eigenvalue weighted by molar-refractivity contribution is -0.120. The maximum absolute atomic E-state index is 12.3. The molecule has 0 saturated carbocycles. The predicted molar refractivity (Wildman–Crippen MR) is 118 cm³/mol. The van der Waals surface area contributed by atoms with Crippen LogP contribution in [0.25, 0.3) is 0 Å². The van der Waals surface area contributed by atoms with Gasteiger partial charge in [-0.25, -0.2) is 0 Å². The lowest BCUT2D eigenvalue weighted by Gasteiger charge is -2.34. The number of benzene rings is 2. The summed E-state index contributed by atoms with van der Waals surface area (Å²) < 4.78 is 0. The third kappa shape index (κ3) is 6.97. The topological polar surface area (TPSA) is 35.6 Å². The fraction of sp³-hybridized carbons (Fsp3) is 0.435. The van der Waals surface area contributed by atoms with Crippen LogP contribution in [0.5, 0.6) is 0 Å². The molecular weight excluding hydrogens is 366 g/mol. The van der Waals surface area contributed by atoms with E-state index in [4.69, 9.17) is 0 Å². The quantitative estimate of drug-likeness (QED) is 0.519. The van der Waals surface area contributed by atoms with Crippen LogP contribution in [0.1, 0.15) is 18.9 Å². The molecule has 5 heteroatoms. The van der Waals surface area contributed by atoms with Gasteiger partial charge in [0, 0.05) is 44.2 Å². The van der Waals surface area contributed by atoms with Crippen molar-refractivity contribution in [3.8, 4) is 0 Å². The highest BCUT2D eigenvalue weighted by atomic mass is 32.2. The van der Waals surface area contributed by atoms with Gasteiger partial charge in [-0.15, -0.1) is 11.8 Å². The van der Waals surface area contributed by atoms with Crippen LogP contribution >= 0.6 is 11.8 Å². The second kappa shape index (κ2) is 11.2. The van der Waals surface area contributed by atoms with Gasteiger partial charge in [0.05, 0.1) is 5.25 Å². The molecule has 0 radical (unpaired) electrons. The van der Waals surface area contributed by atoms with E-state index < -0.39 is 0 Å². The maximum atomic E-state index is 12.3. The molecule has 4 nitrogen and oxygen atoms in total. The molecule has 1 aliphatic heterocycles. The second-order valence-corrected chi connectivity index (χ2v) is 8.74. The number of hydrogen-bond donors (Lipinski definition) is 1. The van der Waals surface area contributed by atoms with Crippen LogP contribution < -0.4 is 5.32 Å². The van der Waals surface area contributed by atoms with E-state index in [-0.39, 0.29) is 11.2 Å². The minimum Gasteiger partial charge on any atom is -0.355 e. The van der Waals surface area contributed by atoms with Gasteiger partial charge in [0.2, 0.25) is 5.91 Å². The average molecular weight is 398 g/mol. The van der Waals surface area contributed by atoms with Crippen molar-refractivity contribution in [1.29, 1.82) is 0 Å². The molecule has 1 amide bonds. The molecule has 1 heterocycles. The van der Waals surface area contributed by atoms with Crippen LogP contribution in [-0.4, -0.2) is 60.2 Å². The average Bonchev–Trinajstić information content (AvgIpc) is 2.73. The molecule has 0 spiro atoms. The SMILES string of the molecule is CC(Sc1ccccc1)C(=O)NCCCN1CCN(Cc2ccccc2)CC1. The third-order valence-electron chi connectivity index (χ3n) is 5.09. The van der Waals surface area contributed by atoms with E-state index in [0.717, 1.165) is 57.1 Å². The minimum absolute atomic E-state index is 0.0658. The number of nitrogens with zero attached hydrogens (tertiary/aromatic N) is 2. The van der Waals surface area contributed by atoms with Gasteiger partial charge < -0.3 is 10.2 Å². The molecule has 1 N–H and O–H groups in total. The lowest BCUT2D eigenvalue weighted by Crippen LogP contribution is -2.46. The Bertz CT molecular complexity index is 702. The summed E-state index contributed by atoms with van der Waals surface area (Å²) in [5.41, 5.74) is 1.39. The first-order chi connectivity index (χ1) is 13.7. The number of carbonyl (C=O) groups is 1. The maximum Gasteiger partial charge on any atom is 0.233 e. The van der Waals surface area contributed by atoms with Crippen LogP contribution in [0.15, 0.2) is 65.6 Å². The van der Waals surface area contributed by atoms with Gasteiger partial charge in [0.25, 0.3) is 0 Å². The number of hydrogen-bond acceptors (Lipinski definition) is 4. The van der Waals surface area contributed by atoms with Crippen molar-refractivity contribution in [2.45, 2.75) is 30.0 Å². The zero-order chi connectivity index (χ0) is 19.6. The van der Waals surface area contributed by atoms with E-state index in [0.29, 0.717) is 0 Å². The Balaban J connectivity index is 1.27. The smallest absolute Gasteiger partial charge is 0.233 e. The molecule has 0 bridgehead atoms. The molecule has 1 aliphatic rings. The fourth-order valence-corrected chi connectivity index (χ4v) is 4.34. The molecule has 0 aliphatic carbocycles. The van der Waals surface area contributed by atoms with Crippen LogP contribution in [0.4, 0.5) is 0 Å². The van der Waals surface area contributed by atoms with Crippen molar-refractivity contribution in [2.24, 2.45) is 0 Å². The van der Waals surface area contributed by atoms with Crippen molar-refractivity contribution in [3.63, 3.8) is 0 Å². The zero-order valence-electron chi connectivity index (χ0n) is 16.7. The first-order valence-electron chi connectivity index (χ1n) is 10.2. The summed E-state index contributed by atoms with van der Waals surface area (Å²) in [5, 5.41) is 3.02. The highest BCUT2D eigenvalue weighted by Crippen LogP contribution is 2.22. The molecule has 1 atom stereocenters. The molecule has 150 valence electrons. The summed E-state index contributed by atoms with van der Waals surface area (Å²) in [6, 6.07) is 20.8.